The number of amides is 1. The zero-order chi connectivity index (χ0) is 20.6. The minimum Gasteiger partial charge on any atom is -0.444 e. The Balaban J connectivity index is 0.00000420. The molecule has 0 radical (unpaired) electrons. The molecule has 2 N–H and O–H groups in total. The van der Waals surface area contributed by atoms with Crippen molar-refractivity contribution >= 4 is 36.0 Å². The summed E-state index contributed by atoms with van der Waals surface area (Å²) in [6.45, 7) is 9.86. The molecule has 164 valence electrons. The summed E-state index contributed by atoms with van der Waals surface area (Å²) < 4.78 is 5.34. The van der Waals surface area contributed by atoms with Crippen LogP contribution in [0.4, 0.5) is 4.79 Å². The number of halogens is 1. The average molecular weight is 517 g/mol. The molecule has 0 aromatic heterocycles. The van der Waals surface area contributed by atoms with Gasteiger partial charge < -0.3 is 25.2 Å². The van der Waals surface area contributed by atoms with Crippen LogP contribution in [0.2, 0.25) is 0 Å². The lowest BCUT2D eigenvalue weighted by molar-refractivity contribution is 0.0507. The third-order valence-corrected chi connectivity index (χ3v) is 4.49. The molecule has 0 saturated carbocycles. The maximum atomic E-state index is 12.0. The number of likely N-dealkylation sites (tertiary alicyclic amines) is 1. The second-order valence-corrected chi connectivity index (χ2v) is 8.28. The summed E-state index contributed by atoms with van der Waals surface area (Å²) in [5.74, 6) is 0.876. The molecule has 1 fully saturated rings. The number of aliphatic imine (C=N–C) groups is 1. The molecule has 1 aliphatic rings. The molecule has 8 heteroatoms. The van der Waals surface area contributed by atoms with Crippen molar-refractivity contribution in [3.05, 3.63) is 35.9 Å². The van der Waals surface area contributed by atoms with Gasteiger partial charge in [-0.15, -0.1) is 24.0 Å². The van der Waals surface area contributed by atoms with E-state index in [0.717, 1.165) is 45.1 Å². The predicted molar refractivity (Wildman–Crippen MR) is 129 cm³/mol. The van der Waals surface area contributed by atoms with Gasteiger partial charge in [0.2, 0.25) is 0 Å². The topological polar surface area (TPSA) is 69.2 Å². The lowest BCUT2D eigenvalue weighted by Gasteiger charge is -2.24. The van der Waals surface area contributed by atoms with E-state index < -0.39 is 5.60 Å². The molecule has 1 aromatic carbocycles. The van der Waals surface area contributed by atoms with Crippen molar-refractivity contribution in [2.45, 2.75) is 45.4 Å². The van der Waals surface area contributed by atoms with Gasteiger partial charge in [0, 0.05) is 39.8 Å². The van der Waals surface area contributed by atoms with Gasteiger partial charge >= 0.3 is 6.09 Å². The number of carbonyl (C=O) groups excluding carboxylic acids is 1. The van der Waals surface area contributed by atoms with Crippen LogP contribution >= 0.6 is 24.0 Å². The number of hydrogen-bond acceptors (Lipinski definition) is 4. The maximum Gasteiger partial charge on any atom is 0.407 e. The van der Waals surface area contributed by atoms with Crippen LogP contribution in [0.5, 0.6) is 0 Å². The monoisotopic (exact) mass is 517 g/mol. The van der Waals surface area contributed by atoms with Crippen LogP contribution in [-0.4, -0.2) is 73.8 Å². The number of likely N-dealkylation sites (N-methyl/N-ethyl adjacent to an activating group) is 1. The molecule has 1 saturated heterocycles. The van der Waals surface area contributed by atoms with Gasteiger partial charge in [0.15, 0.2) is 5.96 Å². The lowest BCUT2D eigenvalue weighted by atomic mass is 10.2. The van der Waals surface area contributed by atoms with Crippen molar-refractivity contribution in [2.24, 2.45) is 4.99 Å². The SMILES string of the molecule is CN=C(NCCN(C)Cc1ccccc1)N1CCC(NC(=O)OC(C)(C)C)C1.I. The Kier molecular flexibility index (Phi) is 10.7. The molecule has 1 unspecified atom stereocenters. The quantitative estimate of drug-likeness (QED) is 0.345. The number of ether oxygens (including phenoxy) is 1. The zero-order valence-corrected chi connectivity index (χ0v) is 20.6. The molecule has 0 bridgehead atoms. The largest absolute Gasteiger partial charge is 0.444 e. The molecule has 1 aliphatic heterocycles. The Morgan fingerprint density at radius 1 is 1.31 bits per heavy atom. The van der Waals surface area contributed by atoms with E-state index in [1.165, 1.54) is 5.56 Å². The predicted octanol–water partition coefficient (Wildman–Crippen LogP) is 2.91. The van der Waals surface area contributed by atoms with Crippen LogP contribution in [0, 0.1) is 0 Å². The summed E-state index contributed by atoms with van der Waals surface area (Å²) in [5.41, 5.74) is 0.830. The molecule has 1 aromatic rings. The Morgan fingerprint density at radius 2 is 2.00 bits per heavy atom. The number of alkyl carbamates (subject to hydrolysis) is 1. The van der Waals surface area contributed by atoms with Crippen molar-refractivity contribution in [3.8, 4) is 0 Å². The van der Waals surface area contributed by atoms with Crippen molar-refractivity contribution < 1.29 is 9.53 Å². The van der Waals surface area contributed by atoms with E-state index in [0.29, 0.717) is 0 Å². The number of nitrogens with one attached hydrogen (secondary N) is 2. The van der Waals surface area contributed by atoms with Crippen LogP contribution in [0.3, 0.4) is 0 Å². The molecule has 2 rings (SSSR count). The van der Waals surface area contributed by atoms with Gasteiger partial charge in [0.1, 0.15) is 5.60 Å². The minimum absolute atomic E-state index is 0. The standard InChI is InChI=1S/C21H35N5O2.HI/c1-21(2,3)28-20(27)24-18-11-13-26(16-18)19(22-4)23-12-14-25(5)15-17-9-7-6-8-10-17;/h6-10,18H,11-16H2,1-5H3,(H,22,23)(H,24,27);1H. The molecule has 29 heavy (non-hydrogen) atoms. The fourth-order valence-electron chi connectivity index (χ4n) is 3.21. The number of rotatable bonds is 6. The third-order valence-electron chi connectivity index (χ3n) is 4.49. The second-order valence-electron chi connectivity index (χ2n) is 8.28. The maximum absolute atomic E-state index is 12.0. The fraction of sp³-hybridized carbons (Fsp3) is 0.619. The highest BCUT2D eigenvalue weighted by Crippen LogP contribution is 2.12. The third kappa shape index (κ3) is 9.66. The molecule has 0 aliphatic carbocycles. The first kappa shape index (κ1) is 25.5. The highest BCUT2D eigenvalue weighted by molar-refractivity contribution is 14.0. The Labute approximate surface area is 192 Å². The average Bonchev–Trinajstić information content (AvgIpc) is 3.06. The van der Waals surface area contributed by atoms with Gasteiger partial charge in [-0.2, -0.15) is 0 Å². The van der Waals surface area contributed by atoms with E-state index in [2.05, 4.69) is 56.7 Å². The summed E-state index contributed by atoms with van der Waals surface area (Å²) in [6.07, 6.45) is 0.526. The number of nitrogens with zero attached hydrogens (tertiary/aromatic N) is 3. The highest BCUT2D eigenvalue weighted by Gasteiger charge is 2.27. The normalized spacial score (nSPS) is 17.1. The first-order chi connectivity index (χ1) is 13.3. The lowest BCUT2D eigenvalue weighted by Crippen LogP contribution is -2.45. The van der Waals surface area contributed by atoms with E-state index in [-0.39, 0.29) is 36.1 Å². The zero-order valence-electron chi connectivity index (χ0n) is 18.3. The van der Waals surface area contributed by atoms with E-state index in [9.17, 15) is 4.79 Å². The van der Waals surface area contributed by atoms with Crippen LogP contribution in [-0.2, 0) is 11.3 Å². The molecule has 1 amide bonds. The van der Waals surface area contributed by atoms with Crippen molar-refractivity contribution in [2.75, 3.05) is 40.3 Å². The number of hydrogen-bond donors (Lipinski definition) is 2. The van der Waals surface area contributed by atoms with Crippen LogP contribution in [0.25, 0.3) is 0 Å². The van der Waals surface area contributed by atoms with Gasteiger partial charge in [0.25, 0.3) is 0 Å². The fourth-order valence-corrected chi connectivity index (χ4v) is 3.21. The van der Waals surface area contributed by atoms with E-state index in [1.54, 1.807) is 7.05 Å². The Bertz CT molecular complexity index is 648. The highest BCUT2D eigenvalue weighted by atomic mass is 127. The molecule has 1 atom stereocenters. The van der Waals surface area contributed by atoms with Gasteiger partial charge in [-0.05, 0) is 39.8 Å². The van der Waals surface area contributed by atoms with Crippen LogP contribution in [0.15, 0.2) is 35.3 Å². The van der Waals surface area contributed by atoms with Crippen molar-refractivity contribution in [3.63, 3.8) is 0 Å². The second kappa shape index (κ2) is 12.2. The number of carbonyl (C=O) groups is 1. The van der Waals surface area contributed by atoms with Crippen LogP contribution in [0.1, 0.15) is 32.8 Å². The van der Waals surface area contributed by atoms with Gasteiger partial charge in [-0.25, -0.2) is 4.79 Å². The molecule has 1 heterocycles. The van der Waals surface area contributed by atoms with Crippen LogP contribution < -0.4 is 10.6 Å². The van der Waals surface area contributed by atoms with Gasteiger partial charge in [-0.1, -0.05) is 30.3 Å². The smallest absolute Gasteiger partial charge is 0.407 e. The van der Waals surface area contributed by atoms with E-state index in [1.807, 2.05) is 26.8 Å². The van der Waals surface area contributed by atoms with Gasteiger partial charge in [-0.3, -0.25) is 4.99 Å². The molecular weight excluding hydrogens is 481 g/mol. The summed E-state index contributed by atoms with van der Waals surface area (Å²) >= 11 is 0. The van der Waals surface area contributed by atoms with Crippen molar-refractivity contribution in [1.29, 1.82) is 0 Å². The summed E-state index contributed by atoms with van der Waals surface area (Å²) in [7, 11) is 3.92. The first-order valence-electron chi connectivity index (χ1n) is 9.94. The summed E-state index contributed by atoms with van der Waals surface area (Å²) in [4.78, 5) is 20.8. The summed E-state index contributed by atoms with van der Waals surface area (Å²) in [6, 6.07) is 10.5. The number of guanidine groups is 1. The van der Waals surface area contributed by atoms with Gasteiger partial charge in [0.05, 0.1) is 6.04 Å². The summed E-state index contributed by atoms with van der Waals surface area (Å²) in [5, 5.41) is 6.38. The Morgan fingerprint density at radius 3 is 2.62 bits per heavy atom. The van der Waals surface area contributed by atoms with Crippen molar-refractivity contribution in [1.82, 2.24) is 20.4 Å². The molecular formula is C21H36IN5O2. The van der Waals surface area contributed by atoms with E-state index >= 15 is 0 Å². The molecule has 0 spiro atoms. The first-order valence-corrected chi connectivity index (χ1v) is 9.94. The molecule has 7 nitrogen and oxygen atoms in total. The number of benzene rings is 1. The minimum atomic E-state index is -0.480. The van der Waals surface area contributed by atoms with E-state index in [4.69, 9.17) is 4.74 Å². The Hall–Kier alpha value is -1.55.